The first-order chi connectivity index (χ1) is 17.9. The van der Waals surface area contributed by atoms with Crippen LogP contribution >= 0.6 is 0 Å². The van der Waals surface area contributed by atoms with Gasteiger partial charge in [-0.25, -0.2) is 14.5 Å². The Morgan fingerprint density at radius 1 is 0.973 bits per heavy atom. The van der Waals surface area contributed by atoms with Crippen molar-refractivity contribution in [1.29, 1.82) is 0 Å². The number of esters is 1. The lowest BCUT2D eigenvalue weighted by molar-refractivity contribution is -0.123. The standard InChI is InChI=1S/C29H26N4O4/c1-18(2)33-27-23(17-30-33)22(16-25(31-27)26-14-9-15-36-26)29(35)37-19(3)28(34)32-24-13-8-7-12-21(24)20-10-5-4-6-11-20/h4-19H,1-3H3,(H,32,34). The Morgan fingerprint density at radius 3 is 2.46 bits per heavy atom. The molecule has 8 nitrogen and oxygen atoms in total. The number of hydrogen-bond donors (Lipinski definition) is 1. The van der Waals surface area contributed by atoms with E-state index in [0.29, 0.717) is 28.2 Å². The molecule has 3 aromatic heterocycles. The summed E-state index contributed by atoms with van der Waals surface area (Å²) in [6.45, 7) is 5.50. The average Bonchev–Trinajstić information content (AvgIpc) is 3.59. The van der Waals surface area contributed by atoms with Crippen LogP contribution < -0.4 is 5.32 Å². The van der Waals surface area contributed by atoms with Crippen molar-refractivity contribution in [3.63, 3.8) is 0 Å². The van der Waals surface area contributed by atoms with Gasteiger partial charge in [-0.15, -0.1) is 0 Å². The molecule has 0 spiro atoms. The minimum atomic E-state index is -1.05. The zero-order chi connectivity index (χ0) is 25.9. The molecule has 1 unspecified atom stereocenters. The fourth-order valence-electron chi connectivity index (χ4n) is 4.09. The summed E-state index contributed by atoms with van der Waals surface area (Å²) in [4.78, 5) is 31.0. The van der Waals surface area contributed by atoms with Crippen LogP contribution in [0, 0.1) is 0 Å². The van der Waals surface area contributed by atoms with Crippen LogP contribution in [-0.4, -0.2) is 32.7 Å². The minimum absolute atomic E-state index is 0.0232. The zero-order valence-electron chi connectivity index (χ0n) is 20.7. The summed E-state index contributed by atoms with van der Waals surface area (Å²) < 4.78 is 12.9. The second-order valence-corrected chi connectivity index (χ2v) is 8.90. The molecule has 37 heavy (non-hydrogen) atoms. The van der Waals surface area contributed by atoms with Crippen molar-refractivity contribution in [3.8, 4) is 22.6 Å². The van der Waals surface area contributed by atoms with Gasteiger partial charge in [0.25, 0.3) is 5.91 Å². The summed E-state index contributed by atoms with van der Waals surface area (Å²) >= 11 is 0. The monoisotopic (exact) mass is 494 g/mol. The van der Waals surface area contributed by atoms with Gasteiger partial charge in [-0.1, -0.05) is 48.5 Å². The second kappa shape index (κ2) is 10.1. The molecule has 186 valence electrons. The highest BCUT2D eigenvalue weighted by Crippen LogP contribution is 2.29. The number of carbonyl (C=O) groups is 2. The van der Waals surface area contributed by atoms with Gasteiger partial charge in [0.1, 0.15) is 5.69 Å². The second-order valence-electron chi connectivity index (χ2n) is 8.90. The van der Waals surface area contributed by atoms with Crippen molar-refractivity contribution in [2.24, 2.45) is 0 Å². The summed E-state index contributed by atoms with van der Waals surface area (Å²) in [7, 11) is 0. The Kier molecular flexibility index (Phi) is 6.55. The Labute approximate surface area is 213 Å². The van der Waals surface area contributed by atoms with Crippen LogP contribution in [0.5, 0.6) is 0 Å². The fourth-order valence-corrected chi connectivity index (χ4v) is 4.09. The molecule has 3 heterocycles. The van der Waals surface area contributed by atoms with Crippen molar-refractivity contribution in [2.45, 2.75) is 32.9 Å². The molecule has 0 fully saturated rings. The number of anilines is 1. The van der Waals surface area contributed by atoms with E-state index in [4.69, 9.17) is 9.15 Å². The van der Waals surface area contributed by atoms with Gasteiger partial charge in [0.15, 0.2) is 17.5 Å². The maximum atomic E-state index is 13.3. The third-order valence-electron chi connectivity index (χ3n) is 5.97. The van der Waals surface area contributed by atoms with Gasteiger partial charge in [-0.05, 0) is 50.6 Å². The molecule has 5 rings (SSSR count). The molecule has 0 saturated carbocycles. The number of nitrogens with zero attached hydrogens (tertiary/aromatic N) is 3. The van der Waals surface area contributed by atoms with Crippen LogP contribution in [0.25, 0.3) is 33.6 Å². The topological polar surface area (TPSA) is 99.2 Å². The maximum absolute atomic E-state index is 13.3. The van der Waals surface area contributed by atoms with E-state index in [2.05, 4.69) is 15.4 Å². The maximum Gasteiger partial charge on any atom is 0.339 e. The lowest BCUT2D eigenvalue weighted by Crippen LogP contribution is -2.30. The normalized spacial score (nSPS) is 12.0. The van der Waals surface area contributed by atoms with Gasteiger partial charge in [-0.2, -0.15) is 5.10 Å². The number of carbonyl (C=O) groups excluding carboxylic acids is 2. The molecule has 1 amide bonds. The molecule has 0 aliphatic heterocycles. The zero-order valence-corrected chi connectivity index (χ0v) is 20.7. The van der Waals surface area contributed by atoms with Crippen molar-refractivity contribution in [3.05, 3.63) is 90.8 Å². The van der Waals surface area contributed by atoms with E-state index in [1.807, 2.05) is 68.4 Å². The Hall–Kier alpha value is -4.72. The van der Waals surface area contributed by atoms with Crippen LogP contribution in [0.4, 0.5) is 5.69 Å². The third kappa shape index (κ3) is 4.86. The van der Waals surface area contributed by atoms with Gasteiger partial charge in [0.2, 0.25) is 0 Å². The number of nitrogens with one attached hydrogen (secondary N) is 1. The first kappa shape index (κ1) is 24.0. The lowest BCUT2D eigenvalue weighted by Gasteiger charge is -2.16. The number of fused-ring (bicyclic) bond motifs is 1. The Balaban J connectivity index is 1.41. The number of benzene rings is 2. The van der Waals surface area contributed by atoms with E-state index < -0.39 is 18.0 Å². The summed E-state index contributed by atoms with van der Waals surface area (Å²) in [6.07, 6.45) is 2.08. The quantitative estimate of drug-likeness (QED) is 0.274. The molecule has 8 heteroatoms. The number of ether oxygens (including phenoxy) is 1. The predicted molar refractivity (Wildman–Crippen MR) is 141 cm³/mol. The molecule has 1 N–H and O–H groups in total. The van der Waals surface area contributed by atoms with Crippen molar-refractivity contribution in [2.75, 3.05) is 5.32 Å². The largest absolute Gasteiger partial charge is 0.463 e. The van der Waals surface area contributed by atoms with Gasteiger partial charge in [0.05, 0.1) is 23.4 Å². The molecular weight excluding hydrogens is 468 g/mol. The molecule has 1 atom stereocenters. The molecule has 0 saturated heterocycles. The van der Waals surface area contributed by atoms with Crippen molar-refractivity contribution in [1.82, 2.24) is 14.8 Å². The van der Waals surface area contributed by atoms with E-state index in [9.17, 15) is 9.59 Å². The first-order valence-electron chi connectivity index (χ1n) is 12.0. The summed E-state index contributed by atoms with van der Waals surface area (Å²) in [5.74, 6) is -0.579. The highest BCUT2D eigenvalue weighted by atomic mass is 16.5. The molecule has 0 radical (unpaired) electrons. The predicted octanol–water partition coefficient (Wildman–Crippen LogP) is 6.12. The van der Waals surface area contributed by atoms with E-state index in [0.717, 1.165) is 11.1 Å². The highest BCUT2D eigenvalue weighted by Gasteiger charge is 2.24. The van der Waals surface area contributed by atoms with E-state index >= 15 is 0 Å². The van der Waals surface area contributed by atoms with E-state index in [1.165, 1.54) is 0 Å². The molecule has 0 aliphatic rings. The highest BCUT2D eigenvalue weighted by molar-refractivity contribution is 6.05. The van der Waals surface area contributed by atoms with Gasteiger partial charge < -0.3 is 14.5 Å². The van der Waals surface area contributed by atoms with E-state index in [-0.39, 0.29) is 11.6 Å². The number of rotatable bonds is 7. The van der Waals surface area contributed by atoms with Gasteiger partial charge >= 0.3 is 5.97 Å². The molecule has 2 aromatic carbocycles. The Bertz CT molecular complexity index is 1560. The Morgan fingerprint density at radius 2 is 1.73 bits per heavy atom. The van der Waals surface area contributed by atoms with Crippen LogP contribution in [0.2, 0.25) is 0 Å². The average molecular weight is 495 g/mol. The smallest absolute Gasteiger partial charge is 0.339 e. The number of furan rings is 1. The van der Waals surface area contributed by atoms with Crippen LogP contribution in [0.15, 0.2) is 89.7 Å². The number of aromatic nitrogens is 3. The van der Waals surface area contributed by atoms with Gasteiger partial charge in [0, 0.05) is 17.3 Å². The number of pyridine rings is 1. The molecule has 5 aromatic rings. The molecular formula is C29H26N4O4. The SMILES string of the molecule is CC(OC(=O)c1cc(-c2ccco2)nc2c1cnn2C(C)C)C(=O)Nc1ccccc1-c1ccccc1. The first-order valence-corrected chi connectivity index (χ1v) is 12.0. The van der Waals surface area contributed by atoms with E-state index in [1.54, 1.807) is 42.3 Å². The molecule has 0 aliphatic carbocycles. The van der Waals surface area contributed by atoms with Crippen LogP contribution in [-0.2, 0) is 9.53 Å². The fraction of sp³-hybridized carbons (Fsp3) is 0.172. The molecule has 0 bridgehead atoms. The third-order valence-corrected chi connectivity index (χ3v) is 5.97. The van der Waals surface area contributed by atoms with Gasteiger partial charge in [-0.3, -0.25) is 4.79 Å². The van der Waals surface area contributed by atoms with Crippen LogP contribution in [0.1, 0.15) is 37.2 Å². The van der Waals surface area contributed by atoms with Crippen LogP contribution in [0.3, 0.4) is 0 Å². The number of hydrogen-bond acceptors (Lipinski definition) is 6. The summed E-state index contributed by atoms with van der Waals surface area (Å²) in [5.41, 5.74) is 3.73. The summed E-state index contributed by atoms with van der Waals surface area (Å²) in [5, 5.41) is 7.84. The van der Waals surface area contributed by atoms with Crippen molar-refractivity contribution < 1.29 is 18.7 Å². The number of amides is 1. The summed E-state index contributed by atoms with van der Waals surface area (Å²) in [6, 6.07) is 22.4. The number of para-hydroxylation sites is 1. The minimum Gasteiger partial charge on any atom is -0.463 e. The lowest BCUT2D eigenvalue weighted by atomic mass is 10.0. The van der Waals surface area contributed by atoms with Crippen molar-refractivity contribution >= 4 is 28.6 Å².